The van der Waals surface area contributed by atoms with E-state index in [2.05, 4.69) is 15.3 Å². The average molecular weight is 308 g/mol. The predicted octanol–water partition coefficient (Wildman–Crippen LogP) is 0.590. The summed E-state index contributed by atoms with van der Waals surface area (Å²) in [5.41, 5.74) is 1.31. The summed E-state index contributed by atoms with van der Waals surface area (Å²) in [6.45, 7) is 0.204. The number of nitrogens with one attached hydrogen (secondary N) is 2. The quantitative estimate of drug-likeness (QED) is 0.845. The number of carbonyl (C=O) groups excluding carboxylic acids is 1. The molecule has 0 aliphatic heterocycles. The maximum Gasteiger partial charge on any atom is 0.260 e. The number of benzene rings is 1. The molecule has 0 aliphatic rings. The molecule has 8 heteroatoms. The van der Waals surface area contributed by atoms with Crippen molar-refractivity contribution in [2.24, 2.45) is 0 Å². The van der Waals surface area contributed by atoms with E-state index >= 15 is 0 Å². The second-order valence-electron chi connectivity index (χ2n) is 4.45. The number of amides is 1. The first-order valence-electron chi connectivity index (χ1n) is 6.21. The molecular weight excluding hydrogens is 292 g/mol. The lowest BCUT2D eigenvalue weighted by atomic mass is 10.1. The zero-order valence-electron chi connectivity index (χ0n) is 11.7. The van der Waals surface area contributed by atoms with Gasteiger partial charge in [0.05, 0.1) is 12.5 Å². The highest BCUT2D eigenvalue weighted by Crippen LogP contribution is 2.14. The molecule has 0 saturated carbocycles. The fourth-order valence-electron chi connectivity index (χ4n) is 1.80. The maximum atomic E-state index is 12.2. The van der Waals surface area contributed by atoms with Crippen LogP contribution in [-0.2, 0) is 16.6 Å². The molecule has 0 spiro atoms. The van der Waals surface area contributed by atoms with Crippen molar-refractivity contribution in [1.82, 2.24) is 19.6 Å². The second-order valence-corrected chi connectivity index (χ2v) is 6.47. The van der Waals surface area contributed by atoms with E-state index in [1.807, 2.05) is 0 Å². The molecule has 0 atom stereocenters. The van der Waals surface area contributed by atoms with Crippen LogP contribution < -0.4 is 5.32 Å². The largest absolute Gasteiger partial charge is 0.355 e. The standard InChI is InChI=1S/C13H16N4O3S/c1-14-13(18)11-5-3-10(4-6-11)8-17(2)21(19,20)12-7-15-9-16-12/h3-7,9H,8H2,1-2H3,(H,14,18)(H,15,16). The van der Waals surface area contributed by atoms with Gasteiger partial charge >= 0.3 is 0 Å². The number of rotatable bonds is 5. The minimum absolute atomic E-state index is 0.0481. The first-order valence-corrected chi connectivity index (χ1v) is 7.65. The van der Waals surface area contributed by atoms with Gasteiger partial charge in [0, 0.05) is 26.2 Å². The zero-order valence-corrected chi connectivity index (χ0v) is 12.5. The fourth-order valence-corrected chi connectivity index (χ4v) is 2.85. The summed E-state index contributed by atoms with van der Waals surface area (Å²) in [5, 5.41) is 2.58. The van der Waals surface area contributed by atoms with Crippen molar-refractivity contribution in [2.75, 3.05) is 14.1 Å². The van der Waals surface area contributed by atoms with E-state index < -0.39 is 10.0 Å². The van der Waals surface area contributed by atoms with Crippen molar-refractivity contribution in [3.8, 4) is 0 Å². The van der Waals surface area contributed by atoms with Crippen LogP contribution in [0.4, 0.5) is 0 Å². The molecule has 0 unspecified atom stereocenters. The molecule has 0 radical (unpaired) electrons. The molecule has 2 N–H and O–H groups in total. The molecule has 0 fully saturated rings. The van der Waals surface area contributed by atoms with Gasteiger partial charge in [-0.15, -0.1) is 0 Å². The molecule has 1 amide bonds. The van der Waals surface area contributed by atoms with Crippen molar-refractivity contribution in [3.63, 3.8) is 0 Å². The summed E-state index contributed by atoms with van der Waals surface area (Å²) in [6.07, 6.45) is 2.58. The third-order valence-electron chi connectivity index (χ3n) is 3.01. The smallest absolute Gasteiger partial charge is 0.260 e. The van der Waals surface area contributed by atoms with Crippen LogP contribution in [0.1, 0.15) is 15.9 Å². The molecule has 0 bridgehead atoms. The monoisotopic (exact) mass is 308 g/mol. The Morgan fingerprint density at radius 3 is 2.52 bits per heavy atom. The van der Waals surface area contributed by atoms with Crippen LogP contribution >= 0.6 is 0 Å². The number of imidazole rings is 1. The first-order chi connectivity index (χ1) is 9.95. The van der Waals surface area contributed by atoms with Gasteiger partial charge in [-0.3, -0.25) is 4.79 Å². The summed E-state index contributed by atoms with van der Waals surface area (Å²) >= 11 is 0. The van der Waals surface area contributed by atoms with Crippen molar-refractivity contribution >= 4 is 15.9 Å². The molecule has 1 aromatic heterocycles. The maximum absolute atomic E-state index is 12.2. The van der Waals surface area contributed by atoms with E-state index in [9.17, 15) is 13.2 Å². The van der Waals surface area contributed by atoms with Crippen LogP contribution in [0.25, 0.3) is 0 Å². The van der Waals surface area contributed by atoms with Crippen molar-refractivity contribution < 1.29 is 13.2 Å². The number of aromatic amines is 1. The van der Waals surface area contributed by atoms with Gasteiger partial charge in [0.25, 0.3) is 15.9 Å². The van der Waals surface area contributed by atoms with Crippen molar-refractivity contribution in [1.29, 1.82) is 0 Å². The molecule has 7 nitrogen and oxygen atoms in total. The van der Waals surface area contributed by atoms with Crippen molar-refractivity contribution in [3.05, 3.63) is 47.9 Å². The van der Waals surface area contributed by atoms with E-state index in [1.54, 1.807) is 31.3 Å². The molecule has 0 aliphatic carbocycles. The van der Waals surface area contributed by atoms with Gasteiger partial charge in [0.2, 0.25) is 0 Å². The van der Waals surface area contributed by atoms with Crippen LogP contribution in [0.5, 0.6) is 0 Å². The Morgan fingerprint density at radius 2 is 2.00 bits per heavy atom. The normalized spacial score (nSPS) is 11.6. The Morgan fingerprint density at radius 1 is 1.33 bits per heavy atom. The minimum atomic E-state index is -3.59. The highest BCUT2D eigenvalue weighted by molar-refractivity contribution is 7.89. The molecule has 2 rings (SSSR count). The summed E-state index contributed by atoms with van der Waals surface area (Å²) in [7, 11) is -0.544. The second kappa shape index (κ2) is 6.06. The Labute approximate surface area is 123 Å². The molecule has 0 saturated heterocycles. The molecule has 1 aromatic carbocycles. The number of nitrogens with zero attached hydrogens (tertiary/aromatic N) is 2. The topological polar surface area (TPSA) is 95.2 Å². The number of aromatic nitrogens is 2. The number of hydrogen-bond donors (Lipinski definition) is 2. The summed E-state index contributed by atoms with van der Waals surface area (Å²) in [4.78, 5) is 17.7. The van der Waals surface area contributed by atoms with Crippen LogP contribution in [0.15, 0.2) is 41.8 Å². The molecule has 2 aromatic rings. The molecular formula is C13H16N4O3S. The van der Waals surface area contributed by atoms with Crippen LogP contribution in [0.2, 0.25) is 0 Å². The van der Waals surface area contributed by atoms with Gasteiger partial charge in [0.1, 0.15) is 0 Å². The number of sulfonamides is 1. The summed E-state index contributed by atoms with van der Waals surface area (Å²) < 4.78 is 25.6. The van der Waals surface area contributed by atoms with E-state index in [0.717, 1.165) is 5.56 Å². The Hall–Kier alpha value is -2.19. The van der Waals surface area contributed by atoms with Crippen LogP contribution in [0, 0.1) is 0 Å². The van der Waals surface area contributed by atoms with Gasteiger partial charge in [-0.05, 0) is 17.7 Å². The first kappa shape index (κ1) is 15.2. The SMILES string of the molecule is CNC(=O)c1ccc(CN(C)S(=O)(=O)c2cnc[nH]2)cc1. The van der Waals surface area contributed by atoms with Crippen LogP contribution in [-0.4, -0.2) is 42.7 Å². The third kappa shape index (κ3) is 3.29. The zero-order chi connectivity index (χ0) is 15.5. The lowest BCUT2D eigenvalue weighted by molar-refractivity contribution is 0.0963. The van der Waals surface area contributed by atoms with E-state index in [1.165, 1.54) is 23.9 Å². The van der Waals surface area contributed by atoms with Crippen LogP contribution in [0.3, 0.4) is 0 Å². The Kier molecular flexibility index (Phi) is 4.39. The Bertz CT molecular complexity index is 708. The van der Waals surface area contributed by atoms with Crippen molar-refractivity contribution in [2.45, 2.75) is 11.6 Å². The average Bonchev–Trinajstić information content (AvgIpc) is 3.02. The third-order valence-corrected chi connectivity index (χ3v) is 4.74. The number of carbonyl (C=O) groups is 1. The highest BCUT2D eigenvalue weighted by Gasteiger charge is 2.22. The molecule has 1 heterocycles. The van der Waals surface area contributed by atoms with E-state index in [4.69, 9.17) is 0 Å². The van der Waals surface area contributed by atoms with Gasteiger partial charge < -0.3 is 10.3 Å². The van der Waals surface area contributed by atoms with Gasteiger partial charge in [-0.1, -0.05) is 12.1 Å². The van der Waals surface area contributed by atoms with Gasteiger partial charge in [0.15, 0.2) is 5.03 Å². The van der Waals surface area contributed by atoms with E-state index in [-0.39, 0.29) is 17.5 Å². The number of H-pyrrole nitrogens is 1. The molecule has 112 valence electrons. The van der Waals surface area contributed by atoms with E-state index in [0.29, 0.717) is 5.56 Å². The predicted molar refractivity (Wildman–Crippen MR) is 77.1 cm³/mol. The van der Waals surface area contributed by atoms with Gasteiger partial charge in [-0.2, -0.15) is 4.31 Å². The Balaban J connectivity index is 2.13. The summed E-state index contributed by atoms with van der Waals surface area (Å²) in [5.74, 6) is -0.181. The summed E-state index contributed by atoms with van der Waals surface area (Å²) in [6, 6.07) is 6.77. The highest BCUT2D eigenvalue weighted by atomic mass is 32.2. The lowest BCUT2D eigenvalue weighted by Gasteiger charge is -2.16. The lowest BCUT2D eigenvalue weighted by Crippen LogP contribution is -2.26. The minimum Gasteiger partial charge on any atom is -0.355 e. The number of hydrogen-bond acceptors (Lipinski definition) is 4. The molecule has 21 heavy (non-hydrogen) atoms. The fraction of sp³-hybridized carbons (Fsp3) is 0.231. The van der Waals surface area contributed by atoms with Gasteiger partial charge in [-0.25, -0.2) is 13.4 Å².